The zero-order valence-corrected chi connectivity index (χ0v) is 10.9. The van der Waals surface area contributed by atoms with Crippen molar-refractivity contribution in [3.8, 4) is 0 Å². The maximum Gasteiger partial charge on any atom is 0.245 e. The van der Waals surface area contributed by atoms with Crippen molar-refractivity contribution in [1.29, 1.82) is 0 Å². The van der Waals surface area contributed by atoms with E-state index in [0.29, 0.717) is 6.04 Å². The summed E-state index contributed by atoms with van der Waals surface area (Å²) in [5.74, 6) is 0.863. The summed E-state index contributed by atoms with van der Waals surface area (Å²) in [5.41, 5.74) is 2.13. The van der Waals surface area contributed by atoms with Gasteiger partial charge in [-0.1, -0.05) is 6.07 Å². The van der Waals surface area contributed by atoms with Crippen LogP contribution in [0.5, 0.6) is 0 Å². The summed E-state index contributed by atoms with van der Waals surface area (Å²) in [6.45, 7) is 4.12. The highest BCUT2D eigenvalue weighted by atomic mass is 15.4. The van der Waals surface area contributed by atoms with Crippen molar-refractivity contribution in [2.75, 3.05) is 25.0 Å². The fraction of sp³-hybridized carbons (Fsp3) is 0.538. The highest BCUT2D eigenvalue weighted by Gasteiger charge is 2.27. The van der Waals surface area contributed by atoms with Crippen molar-refractivity contribution in [2.45, 2.75) is 25.8 Å². The molecule has 18 heavy (non-hydrogen) atoms. The van der Waals surface area contributed by atoms with Crippen molar-refractivity contribution in [2.24, 2.45) is 0 Å². The summed E-state index contributed by atoms with van der Waals surface area (Å²) in [6, 6.07) is 4.60. The van der Waals surface area contributed by atoms with Crippen LogP contribution in [0.25, 0.3) is 5.65 Å². The molecule has 0 bridgehead atoms. The number of aromatic nitrogens is 3. The maximum absolute atomic E-state index is 4.68. The molecule has 1 saturated heterocycles. The van der Waals surface area contributed by atoms with Gasteiger partial charge < -0.3 is 10.2 Å². The number of hydrogen-bond donors (Lipinski definition) is 1. The first-order chi connectivity index (χ1) is 8.79. The zero-order valence-electron chi connectivity index (χ0n) is 10.9. The van der Waals surface area contributed by atoms with Crippen molar-refractivity contribution in [3.05, 3.63) is 23.9 Å². The minimum atomic E-state index is 0.521. The molecular formula is C13H19N5. The number of pyridine rings is 1. The summed E-state index contributed by atoms with van der Waals surface area (Å²) >= 11 is 0. The highest BCUT2D eigenvalue weighted by Crippen LogP contribution is 2.23. The highest BCUT2D eigenvalue weighted by molar-refractivity contribution is 5.51. The van der Waals surface area contributed by atoms with Gasteiger partial charge in [0.05, 0.1) is 0 Å². The summed E-state index contributed by atoms with van der Waals surface area (Å²) in [7, 11) is 2.00. The average molecular weight is 245 g/mol. The molecule has 0 radical (unpaired) electrons. The standard InChI is InChI=1S/C13H19N5/c1-10-5-3-8-18-12(10)15-13(16-18)17-7-4-6-11(17)9-14-2/h3,5,8,11,14H,4,6-7,9H2,1-2H3. The minimum absolute atomic E-state index is 0.521. The van der Waals surface area contributed by atoms with Crippen LogP contribution >= 0.6 is 0 Å². The number of nitrogens with one attached hydrogen (secondary N) is 1. The minimum Gasteiger partial charge on any atom is -0.335 e. The van der Waals surface area contributed by atoms with Gasteiger partial charge in [-0.05, 0) is 38.4 Å². The Kier molecular flexibility index (Phi) is 2.91. The number of likely N-dealkylation sites (N-methyl/N-ethyl adjacent to an activating group) is 1. The van der Waals surface area contributed by atoms with E-state index in [1.165, 1.54) is 18.4 Å². The third-order valence-corrected chi connectivity index (χ3v) is 3.62. The van der Waals surface area contributed by atoms with Crippen LogP contribution in [0.4, 0.5) is 5.95 Å². The number of hydrogen-bond acceptors (Lipinski definition) is 4. The first-order valence-corrected chi connectivity index (χ1v) is 6.53. The molecule has 3 heterocycles. The topological polar surface area (TPSA) is 45.5 Å². The van der Waals surface area contributed by atoms with E-state index < -0.39 is 0 Å². The van der Waals surface area contributed by atoms with Gasteiger partial charge in [-0.3, -0.25) is 0 Å². The predicted octanol–water partition coefficient (Wildman–Crippen LogP) is 1.23. The lowest BCUT2D eigenvalue weighted by Crippen LogP contribution is -2.37. The number of nitrogens with zero attached hydrogens (tertiary/aromatic N) is 4. The fourth-order valence-electron chi connectivity index (χ4n) is 2.70. The van der Waals surface area contributed by atoms with Crippen LogP contribution in [0.1, 0.15) is 18.4 Å². The molecular weight excluding hydrogens is 226 g/mol. The van der Waals surface area contributed by atoms with E-state index in [2.05, 4.69) is 33.3 Å². The number of fused-ring (bicyclic) bond motifs is 1. The second-order valence-corrected chi connectivity index (χ2v) is 4.92. The lowest BCUT2D eigenvalue weighted by molar-refractivity contribution is 0.607. The van der Waals surface area contributed by atoms with Crippen molar-refractivity contribution in [1.82, 2.24) is 19.9 Å². The molecule has 1 aliphatic heterocycles. The first kappa shape index (κ1) is 11.5. The monoisotopic (exact) mass is 245 g/mol. The van der Waals surface area contributed by atoms with Gasteiger partial charge in [0, 0.05) is 25.3 Å². The van der Waals surface area contributed by atoms with Crippen LogP contribution in [0.2, 0.25) is 0 Å². The molecule has 2 aromatic rings. The van der Waals surface area contributed by atoms with Crippen molar-refractivity contribution >= 4 is 11.6 Å². The Morgan fingerprint density at radius 1 is 1.50 bits per heavy atom. The predicted molar refractivity (Wildman–Crippen MR) is 72.0 cm³/mol. The van der Waals surface area contributed by atoms with Gasteiger partial charge >= 0.3 is 0 Å². The van der Waals surface area contributed by atoms with Gasteiger partial charge in [0.15, 0.2) is 5.65 Å². The molecule has 0 amide bonds. The molecule has 1 N–H and O–H groups in total. The van der Waals surface area contributed by atoms with Gasteiger partial charge in [-0.2, -0.15) is 4.98 Å². The Labute approximate surface area is 107 Å². The summed E-state index contributed by atoms with van der Waals surface area (Å²) < 4.78 is 1.87. The number of rotatable bonds is 3. The van der Waals surface area contributed by atoms with Crippen LogP contribution < -0.4 is 10.2 Å². The molecule has 1 unspecified atom stereocenters. The molecule has 5 heteroatoms. The van der Waals surface area contributed by atoms with Gasteiger partial charge in [0.25, 0.3) is 0 Å². The Hall–Kier alpha value is -1.62. The van der Waals surface area contributed by atoms with Crippen LogP contribution in [0, 0.1) is 6.92 Å². The average Bonchev–Trinajstić information content (AvgIpc) is 2.95. The molecule has 3 rings (SSSR count). The molecule has 96 valence electrons. The van der Waals surface area contributed by atoms with Crippen LogP contribution in [0.15, 0.2) is 18.3 Å². The van der Waals surface area contributed by atoms with Gasteiger partial charge in [0.2, 0.25) is 5.95 Å². The molecule has 1 aliphatic rings. The SMILES string of the molecule is CNCC1CCCN1c1nc2c(C)cccn2n1. The van der Waals surface area contributed by atoms with Crippen LogP contribution in [0.3, 0.4) is 0 Å². The Balaban J connectivity index is 1.96. The van der Waals surface area contributed by atoms with E-state index in [1.54, 1.807) is 0 Å². The first-order valence-electron chi connectivity index (χ1n) is 6.53. The van der Waals surface area contributed by atoms with Crippen LogP contribution in [-0.2, 0) is 0 Å². The lowest BCUT2D eigenvalue weighted by atomic mass is 10.2. The normalized spacial score (nSPS) is 19.9. The van der Waals surface area contributed by atoms with Crippen molar-refractivity contribution in [3.63, 3.8) is 0 Å². The van der Waals surface area contributed by atoms with Gasteiger partial charge in [-0.15, -0.1) is 5.10 Å². The summed E-state index contributed by atoms with van der Waals surface area (Å²) in [4.78, 5) is 7.00. The number of aryl methyl sites for hydroxylation is 1. The lowest BCUT2D eigenvalue weighted by Gasteiger charge is -2.22. The Morgan fingerprint density at radius 3 is 3.17 bits per heavy atom. The van der Waals surface area contributed by atoms with Gasteiger partial charge in [0.1, 0.15) is 0 Å². The van der Waals surface area contributed by atoms with E-state index in [1.807, 2.05) is 23.8 Å². The van der Waals surface area contributed by atoms with Crippen LogP contribution in [-0.4, -0.2) is 40.8 Å². The van der Waals surface area contributed by atoms with E-state index in [0.717, 1.165) is 24.7 Å². The zero-order chi connectivity index (χ0) is 12.5. The van der Waals surface area contributed by atoms with E-state index in [9.17, 15) is 0 Å². The van der Waals surface area contributed by atoms with E-state index >= 15 is 0 Å². The Bertz CT molecular complexity index is 547. The van der Waals surface area contributed by atoms with E-state index in [-0.39, 0.29) is 0 Å². The maximum atomic E-state index is 4.68. The molecule has 1 atom stereocenters. The molecule has 0 saturated carbocycles. The van der Waals surface area contributed by atoms with Gasteiger partial charge in [-0.25, -0.2) is 4.52 Å². The summed E-state index contributed by atoms with van der Waals surface area (Å²) in [6.07, 6.45) is 4.40. The molecule has 0 aliphatic carbocycles. The van der Waals surface area contributed by atoms with Crippen molar-refractivity contribution < 1.29 is 0 Å². The third-order valence-electron chi connectivity index (χ3n) is 3.62. The fourth-order valence-corrected chi connectivity index (χ4v) is 2.70. The third kappa shape index (κ3) is 1.84. The molecule has 0 aromatic carbocycles. The number of anilines is 1. The van der Waals surface area contributed by atoms with E-state index in [4.69, 9.17) is 0 Å². The Morgan fingerprint density at radius 2 is 2.39 bits per heavy atom. The second-order valence-electron chi connectivity index (χ2n) is 4.92. The summed E-state index contributed by atoms with van der Waals surface area (Å²) in [5, 5.41) is 7.84. The molecule has 5 nitrogen and oxygen atoms in total. The molecule has 2 aromatic heterocycles. The molecule has 0 spiro atoms. The second kappa shape index (κ2) is 4.57. The smallest absolute Gasteiger partial charge is 0.245 e. The quantitative estimate of drug-likeness (QED) is 0.883. The largest absolute Gasteiger partial charge is 0.335 e. The molecule has 1 fully saturated rings.